The molecule has 6 nitrogen and oxygen atoms in total. The molecular formula is C24H27N5O. The van der Waals surface area contributed by atoms with Crippen LogP contribution >= 0.6 is 0 Å². The van der Waals surface area contributed by atoms with Crippen LogP contribution in [0.25, 0.3) is 10.9 Å². The van der Waals surface area contributed by atoms with E-state index in [0.717, 1.165) is 43.9 Å². The smallest absolute Gasteiger partial charge is 0.129 e. The number of likely N-dealkylation sites (tertiary alicyclic amines) is 1. The Morgan fingerprint density at radius 2 is 1.87 bits per heavy atom. The Labute approximate surface area is 176 Å². The first-order valence-electron chi connectivity index (χ1n) is 10.7. The molecule has 1 N–H and O–H groups in total. The Bertz CT molecular complexity index is 1070. The van der Waals surface area contributed by atoms with E-state index < -0.39 is 0 Å². The van der Waals surface area contributed by atoms with Crippen LogP contribution in [-0.4, -0.2) is 44.5 Å². The van der Waals surface area contributed by atoms with Crippen LogP contribution in [-0.2, 0) is 13.2 Å². The van der Waals surface area contributed by atoms with E-state index in [9.17, 15) is 0 Å². The fraction of sp³-hybridized carbons (Fsp3) is 0.333. The summed E-state index contributed by atoms with van der Waals surface area (Å²) in [6.45, 7) is 4.77. The molecule has 0 bridgehead atoms. The Kier molecular flexibility index (Phi) is 5.48. The third-order valence-electron chi connectivity index (χ3n) is 5.95. The average molecular weight is 402 g/mol. The number of aryl methyl sites for hydroxylation is 1. The molecule has 2 aromatic heterocycles. The molecule has 0 spiro atoms. The van der Waals surface area contributed by atoms with Crippen molar-refractivity contribution >= 4 is 10.9 Å². The normalized spacial score (nSPS) is 17.0. The van der Waals surface area contributed by atoms with E-state index in [1.54, 1.807) is 17.2 Å². The molecule has 6 heteroatoms. The molecule has 3 heterocycles. The molecule has 0 amide bonds. The van der Waals surface area contributed by atoms with Crippen LogP contribution in [0.1, 0.15) is 29.9 Å². The van der Waals surface area contributed by atoms with Gasteiger partial charge < -0.3 is 14.6 Å². The maximum atomic E-state index is 6.25. The van der Waals surface area contributed by atoms with Gasteiger partial charge in [0.15, 0.2) is 0 Å². The summed E-state index contributed by atoms with van der Waals surface area (Å²) in [5.41, 5.74) is 3.72. The van der Waals surface area contributed by atoms with Crippen LogP contribution in [0.2, 0.25) is 0 Å². The first kappa shape index (κ1) is 18.9. The molecule has 1 atom stereocenters. The van der Waals surface area contributed by atoms with E-state index in [0.29, 0.717) is 12.5 Å². The molecule has 154 valence electrons. The molecule has 1 aliphatic rings. The summed E-state index contributed by atoms with van der Waals surface area (Å²) >= 11 is 0. The molecule has 2 aromatic carbocycles. The van der Waals surface area contributed by atoms with Crippen molar-refractivity contribution < 1.29 is 4.74 Å². The van der Waals surface area contributed by atoms with Crippen LogP contribution in [0.4, 0.5) is 0 Å². The number of hydrogen-bond donors (Lipinski definition) is 1. The minimum absolute atomic E-state index is 0.531. The number of nitrogens with one attached hydrogen (secondary N) is 1. The fourth-order valence-corrected chi connectivity index (χ4v) is 4.44. The summed E-state index contributed by atoms with van der Waals surface area (Å²) in [6, 6.07) is 16.6. The quantitative estimate of drug-likeness (QED) is 0.480. The van der Waals surface area contributed by atoms with E-state index in [2.05, 4.69) is 68.7 Å². The van der Waals surface area contributed by atoms with Gasteiger partial charge in [-0.15, -0.1) is 0 Å². The highest BCUT2D eigenvalue weighted by Gasteiger charge is 2.26. The summed E-state index contributed by atoms with van der Waals surface area (Å²) in [5.74, 6) is 1.50. The highest BCUT2D eigenvalue weighted by Crippen LogP contribution is 2.37. The number of aromatic nitrogens is 4. The predicted molar refractivity (Wildman–Crippen MR) is 118 cm³/mol. The lowest BCUT2D eigenvalue weighted by molar-refractivity contribution is 0.309. The van der Waals surface area contributed by atoms with Crippen molar-refractivity contribution in [2.75, 3.05) is 19.6 Å². The Morgan fingerprint density at radius 3 is 2.73 bits per heavy atom. The van der Waals surface area contributed by atoms with E-state index in [4.69, 9.17) is 4.74 Å². The summed E-state index contributed by atoms with van der Waals surface area (Å²) in [7, 11) is 0. The molecule has 1 saturated heterocycles. The van der Waals surface area contributed by atoms with E-state index in [-0.39, 0.29) is 0 Å². The van der Waals surface area contributed by atoms with E-state index in [1.807, 2.05) is 6.07 Å². The topological polar surface area (TPSA) is 59.0 Å². The number of ether oxygens (including phenoxy) is 1. The number of rotatable bonds is 8. The summed E-state index contributed by atoms with van der Waals surface area (Å²) in [6.07, 6.45) is 7.91. The zero-order chi connectivity index (χ0) is 20.2. The summed E-state index contributed by atoms with van der Waals surface area (Å²) in [5, 5.41) is 9.61. The number of benzene rings is 2. The minimum atomic E-state index is 0.531. The molecule has 1 unspecified atom stereocenters. The molecule has 0 saturated carbocycles. The lowest BCUT2D eigenvalue weighted by atomic mass is 9.97. The second-order valence-electron chi connectivity index (χ2n) is 7.96. The summed E-state index contributed by atoms with van der Waals surface area (Å²) in [4.78, 5) is 7.79. The van der Waals surface area contributed by atoms with Crippen LogP contribution in [0.15, 0.2) is 67.1 Å². The monoisotopic (exact) mass is 401 g/mol. The number of nitrogens with zero attached hydrogens (tertiary/aromatic N) is 4. The van der Waals surface area contributed by atoms with Gasteiger partial charge in [0.05, 0.1) is 18.9 Å². The van der Waals surface area contributed by atoms with Gasteiger partial charge in [0.2, 0.25) is 0 Å². The van der Waals surface area contributed by atoms with Crippen molar-refractivity contribution in [3.8, 4) is 5.75 Å². The second-order valence-corrected chi connectivity index (χ2v) is 7.96. The highest BCUT2D eigenvalue weighted by atomic mass is 16.5. The van der Waals surface area contributed by atoms with Gasteiger partial charge >= 0.3 is 0 Å². The first-order valence-corrected chi connectivity index (χ1v) is 10.7. The molecule has 1 aliphatic heterocycles. The largest absolute Gasteiger partial charge is 0.488 e. The lowest BCUT2D eigenvalue weighted by Gasteiger charge is -2.16. The molecule has 5 rings (SSSR count). The van der Waals surface area contributed by atoms with Gasteiger partial charge in [0, 0.05) is 29.6 Å². The van der Waals surface area contributed by atoms with Crippen molar-refractivity contribution in [1.82, 2.24) is 24.9 Å². The number of fused-ring (bicyclic) bond motifs is 1. The molecule has 0 aliphatic carbocycles. The van der Waals surface area contributed by atoms with E-state index >= 15 is 0 Å². The van der Waals surface area contributed by atoms with E-state index in [1.165, 1.54) is 22.9 Å². The standard InChI is InChI=1S/C24H27N5O/c1-2-6-19(7-3-1)18-30-23-9-4-8-22-24(23)21(16-25-22)20-10-15-28(17-20)13-5-14-29-26-11-12-27-29/h1-4,6-9,11-12,16,20,25H,5,10,13-15,17-18H2. The van der Waals surface area contributed by atoms with Crippen molar-refractivity contribution in [2.45, 2.75) is 31.9 Å². The maximum absolute atomic E-state index is 6.25. The van der Waals surface area contributed by atoms with Crippen LogP contribution in [0, 0.1) is 0 Å². The van der Waals surface area contributed by atoms with Crippen LogP contribution < -0.4 is 4.74 Å². The molecule has 30 heavy (non-hydrogen) atoms. The third-order valence-corrected chi connectivity index (χ3v) is 5.95. The average Bonchev–Trinajstić information content (AvgIpc) is 3.54. The molecule has 4 aromatic rings. The van der Waals surface area contributed by atoms with Crippen molar-refractivity contribution in [2.24, 2.45) is 0 Å². The van der Waals surface area contributed by atoms with Crippen LogP contribution in [0.3, 0.4) is 0 Å². The van der Waals surface area contributed by atoms with Crippen molar-refractivity contribution in [3.63, 3.8) is 0 Å². The van der Waals surface area contributed by atoms with Crippen molar-refractivity contribution in [3.05, 3.63) is 78.2 Å². The second kappa shape index (κ2) is 8.71. The zero-order valence-electron chi connectivity index (χ0n) is 17.1. The third kappa shape index (κ3) is 4.09. The van der Waals surface area contributed by atoms with Gasteiger partial charge in [-0.1, -0.05) is 36.4 Å². The van der Waals surface area contributed by atoms with Crippen molar-refractivity contribution in [1.29, 1.82) is 0 Å². The summed E-state index contributed by atoms with van der Waals surface area (Å²) < 4.78 is 6.25. The molecule has 1 fully saturated rings. The fourth-order valence-electron chi connectivity index (χ4n) is 4.44. The first-order chi connectivity index (χ1) is 14.9. The Hall–Kier alpha value is -3.12. The Morgan fingerprint density at radius 1 is 1.00 bits per heavy atom. The highest BCUT2D eigenvalue weighted by molar-refractivity contribution is 5.89. The van der Waals surface area contributed by atoms with Gasteiger partial charge in [-0.2, -0.15) is 15.0 Å². The number of H-pyrrole nitrogens is 1. The SMILES string of the molecule is c1ccc(COc2cccc3[nH]cc(C4CCN(CCCn5nccn5)C4)c23)cc1. The van der Waals surface area contributed by atoms with Crippen LogP contribution in [0.5, 0.6) is 5.75 Å². The number of aromatic amines is 1. The van der Waals surface area contributed by atoms with Gasteiger partial charge in [-0.25, -0.2) is 0 Å². The number of hydrogen-bond acceptors (Lipinski definition) is 4. The maximum Gasteiger partial charge on any atom is 0.129 e. The predicted octanol–water partition coefficient (Wildman–Crippen LogP) is 4.22. The van der Waals surface area contributed by atoms with Gasteiger partial charge in [0.25, 0.3) is 0 Å². The minimum Gasteiger partial charge on any atom is -0.488 e. The molecule has 0 radical (unpaired) electrons. The van der Waals surface area contributed by atoms with Gasteiger partial charge in [-0.05, 0) is 49.2 Å². The van der Waals surface area contributed by atoms with Gasteiger partial charge in [0.1, 0.15) is 12.4 Å². The molecular weight excluding hydrogens is 374 g/mol. The Balaban J connectivity index is 1.26. The van der Waals surface area contributed by atoms with Gasteiger partial charge in [-0.3, -0.25) is 0 Å². The zero-order valence-corrected chi connectivity index (χ0v) is 17.1. The lowest BCUT2D eigenvalue weighted by Crippen LogP contribution is -2.23.